The first-order valence-electron chi connectivity index (χ1n) is 7.82. The lowest BCUT2D eigenvalue weighted by molar-refractivity contribution is -0.133. The van der Waals surface area contributed by atoms with Crippen molar-refractivity contribution in [1.29, 1.82) is 0 Å². The third kappa shape index (κ3) is 4.20. The highest BCUT2D eigenvalue weighted by atomic mass is 79.9. The molecule has 0 atom stereocenters. The number of benzene rings is 2. The highest BCUT2D eigenvalue weighted by molar-refractivity contribution is 9.10. The Morgan fingerprint density at radius 3 is 2.25 bits per heavy atom. The lowest BCUT2D eigenvalue weighted by atomic mass is 10.2. The number of carbonyl (C=O) groups excluding carboxylic acids is 1. The van der Waals surface area contributed by atoms with Gasteiger partial charge in [-0.05, 0) is 48.5 Å². The molecule has 1 amide bonds. The average molecular weight is 391 g/mol. The number of ether oxygens (including phenoxy) is 1. The molecule has 126 valence electrons. The fourth-order valence-electron chi connectivity index (χ4n) is 2.64. The second kappa shape index (κ2) is 7.57. The van der Waals surface area contributed by atoms with Gasteiger partial charge < -0.3 is 19.6 Å². The normalized spacial score (nSPS) is 14.5. The fraction of sp³-hybridized carbons (Fsp3) is 0.278. The van der Waals surface area contributed by atoms with E-state index < -0.39 is 0 Å². The van der Waals surface area contributed by atoms with Crippen LogP contribution in [0.4, 0.5) is 5.69 Å². The van der Waals surface area contributed by atoms with E-state index in [9.17, 15) is 9.90 Å². The molecule has 5 nitrogen and oxygen atoms in total. The molecule has 0 bridgehead atoms. The number of halogens is 1. The third-order valence-corrected chi connectivity index (χ3v) is 4.55. The van der Waals surface area contributed by atoms with Crippen LogP contribution in [0, 0.1) is 0 Å². The van der Waals surface area contributed by atoms with Crippen molar-refractivity contribution in [3.8, 4) is 11.5 Å². The summed E-state index contributed by atoms with van der Waals surface area (Å²) in [5.41, 5.74) is 1.06. The Labute approximate surface area is 149 Å². The molecule has 2 aromatic carbocycles. The lowest BCUT2D eigenvalue weighted by Gasteiger charge is -2.36. The Bertz CT molecular complexity index is 680. The molecule has 0 unspecified atom stereocenters. The molecular formula is C18H19BrN2O3. The molecule has 0 saturated carbocycles. The minimum absolute atomic E-state index is 0.00303. The second-order valence-electron chi connectivity index (χ2n) is 5.63. The Morgan fingerprint density at radius 1 is 1.00 bits per heavy atom. The number of nitrogens with zero attached hydrogens (tertiary/aromatic N) is 2. The van der Waals surface area contributed by atoms with E-state index in [1.807, 2.05) is 41.3 Å². The predicted molar refractivity (Wildman–Crippen MR) is 96.5 cm³/mol. The summed E-state index contributed by atoms with van der Waals surface area (Å²) in [7, 11) is 0. The second-order valence-corrected chi connectivity index (χ2v) is 6.54. The van der Waals surface area contributed by atoms with E-state index in [0.717, 1.165) is 23.2 Å². The van der Waals surface area contributed by atoms with Crippen LogP contribution in [-0.4, -0.2) is 48.7 Å². The molecule has 0 spiro atoms. The monoisotopic (exact) mass is 390 g/mol. The molecule has 1 saturated heterocycles. The topological polar surface area (TPSA) is 53.0 Å². The van der Waals surface area contributed by atoms with Crippen LogP contribution < -0.4 is 9.64 Å². The van der Waals surface area contributed by atoms with E-state index in [1.165, 1.54) is 0 Å². The zero-order valence-corrected chi connectivity index (χ0v) is 14.8. The summed E-state index contributed by atoms with van der Waals surface area (Å²) in [5, 5.41) is 9.35. The molecule has 1 heterocycles. The largest absolute Gasteiger partial charge is 0.508 e. The quantitative estimate of drug-likeness (QED) is 0.871. The molecule has 1 aliphatic heterocycles. The predicted octanol–water partition coefficient (Wildman–Crippen LogP) is 2.88. The number of anilines is 1. The van der Waals surface area contributed by atoms with Gasteiger partial charge in [0.2, 0.25) is 0 Å². The van der Waals surface area contributed by atoms with E-state index in [1.54, 1.807) is 12.1 Å². The molecular weight excluding hydrogens is 372 g/mol. The highest BCUT2D eigenvalue weighted by Crippen LogP contribution is 2.20. The molecule has 0 aliphatic carbocycles. The number of hydrogen-bond donors (Lipinski definition) is 1. The minimum atomic E-state index is 0.00303. The van der Waals surface area contributed by atoms with Crippen molar-refractivity contribution in [3.63, 3.8) is 0 Å². The summed E-state index contributed by atoms with van der Waals surface area (Å²) in [4.78, 5) is 16.3. The van der Waals surface area contributed by atoms with E-state index in [0.29, 0.717) is 18.8 Å². The average Bonchev–Trinajstić information content (AvgIpc) is 2.62. The maximum absolute atomic E-state index is 12.3. The van der Waals surface area contributed by atoms with E-state index in [-0.39, 0.29) is 18.3 Å². The zero-order chi connectivity index (χ0) is 16.9. The van der Waals surface area contributed by atoms with Crippen LogP contribution in [0.25, 0.3) is 0 Å². The van der Waals surface area contributed by atoms with Gasteiger partial charge in [-0.25, -0.2) is 0 Å². The Morgan fingerprint density at radius 2 is 1.62 bits per heavy atom. The summed E-state index contributed by atoms with van der Waals surface area (Å²) in [5.74, 6) is 0.954. The van der Waals surface area contributed by atoms with Crippen molar-refractivity contribution in [2.75, 3.05) is 37.7 Å². The number of phenols is 1. The number of piperazine rings is 1. The van der Waals surface area contributed by atoms with Crippen LogP contribution in [0.5, 0.6) is 11.5 Å². The molecule has 3 rings (SSSR count). The summed E-state index contributed by atoms with van der Waals surface area (Å²) in [6, 6.07) is 14.6. The van der Waals surface area contributed by atoms with E-state index in [2.05, 4.69) is 20.8 Å². The van der Waals surface area contributed by atoms with Gasteiger partial charge in [0.15, 0.2) is 6.61 Å². The maximum atomic E-state index is 12.3. The summed E-state index contributed by atoms with van der Waals surface area (Å²) < 4.78 is 6.53. The van der Waals surface area contributed by atoms with Gasteiger partial charge in [-0.1, -0.05) is 15.9 Å². The maximum Gasteiger partial charge on any atom is 0.260 e. The SMILES string of the molecule is O=C(COc1ccc(Br)cc1)N1CCN(c2ccc(O)cc2)CC1. The van der Waals surface area contributed by atoms with Crippen molar-refractivity contribution in [1.82, 2.24) is 4.90 Å². The Kier molecular flexibility index (Phi) is 5.25. The number of carbonyl (C=O) groups is 1. The third-order valence-electron chi connectivity index (χ3n) is 4.02. The first-order valence-corrected chi connectivity index (χ1v) is 8.61. The van der Waals surface area contributed by atoms with Gasteiger partial charge >= 0.3 is 0 Å². The van der Waals surface area contributed by atoms with E-state index >= 15 is 0 Å². The molecule has 1 N–H and O–H groups in total. The standard InChI is InChI=1S/C18H19BrN2O3/c19-14-1-7-17(8-2-14)24-13-18(23)21-11-9-20(10-12-21)15-3-5-16(22)6-4-15/h1-8,22H,9-13H2. The van der Waals surface area contributed by atoms with Crippen LogP contribution in [0.1, 0.15) is 0 Å². The molecule has 0 radical (unpaired) electrons. The van der Waals surface area contributed by atoms with Gasteiger partial charge in [-0.3, -0.25) is 4.79 Å². The molecule has 24 heavy (non-hydrogen) atoms. The van der Waals surface area contributed by atoms with Gasteiger partial charge in [-0.15, -0.1) is 0 Å². The van der Waals surface area contributed by atoms with Crippen LogP contribution >= 0.6 is 15.9 Å². The smallest absolute Gasteiger partial charge is 0.260 e. The van der Waals surface area contributed by atoms with Gasteiger partial charge in [0, 0.05) is 36.3 Å². The van der Waals surface area contributed by atoms with Gasteiger partial charge in [0.1, 0.15) is 11.5 Å². The number of phenolic OH excluding ortho intramolecular Hbond substituents is 1. The van der Waals surface area contributed by atoms with Crippen LogP contribution in [-0.2, 0) is 4.79 Å². The molecule has 1 fully saturated rings. The van der Waals surface area contributed by atoms with Crippen molar-refractivity contribution in [3.05, 3.63) is 53.0 Å². The summed E-state index contributed by atoms with van der Waals surface area (Å²) in [6.07, 6.45) is 0. The number of aromatic hydroxyl groups is 1. The lowest BCUT2D eigenvalue weighted by Crippen LogP contribution is -2.50. The number of rotatable bonds is 4. The van der Waals surface area contributed by atoms with Crippen molar-refractivity contribution >= 4 is 27.5 Å². The van der Waals surface area contributed by atoms with Crippen molar-refractivity contribution in [2.24, 2.45) is 0 Å². The zero-order valence-electron chi connectivity index (χ0n) is 13.2. The fourth-order valence-corrected chi connectivity index (χ4v) is 2.91. The van der Waals surface area contributed by atoms with Crippen molar-refractivity contribution in [2.45, 2.75) is 0 Å². The van der Waals surface area contributed by atoms with Crippen LogP contribution in [0.2, 0.25) is 0 Å². The number of amides is 1. The van der Waals surface area contributed by atoms with E-state index in [4.69, 9.17) is 4.74 Å². The Balaban J connectivity index is 1.48. The number of hydrogen-bond acceptors (Lipinski definition) is 4. The van der Waals surface area contributed by atoms with Crippen LogP contribution in [0.15, 0.2) is 53.0 Å². The Hall–Kier alpha value is -2.21. The van der Waals surface area contributed by atoms with Crippen molar-refractivity contribution < 1.29 is 14.6 Å². The van der Waals surface area contributed by atoms with Gasteiger partial charge in [0.25, 0.3) is 5.91 Å². The molecule has 6 heteroatoms. The highest BCUT2D eigenvalue weighted by Gasteiger charge is 2.21. The summed E-state index contributed by atoms with van der Waals surface area (Å²) in [6.45, 7) is 2.94. The molecule has 2 aromatic rings. The van der Waals surface area contributed by atoms with Gasteiger partial charge in [0.05, 0.1) is 0 Å². The van der Waals surface area contributed by atoms with Gasteiger partial charge in [-0.2, -0.15) is 0 Å². The minimum Gasteiger partial charge on any atom is -0.508 e. The summed E-state index contributed by atoms with van der Waals surface area (Å²) >= 11 is 3.37. The molecule has 1 aliphatic rings. The first kappa shape index (κ1) is 16.6. The first-order chi connectivity index (χ1) is 11.6. The van der Waals surface area contributed by atoms with Crippen LogP contribution in [0.3, 0.4) is 0 Å². The molecule has 0 aromatic heterocycles.